The molecule has 1 N–H and O–H groups in total. The molecule has 1 saturated carbocycles. The normalized spacial score (nSPS) is 30.5. The number of fused-ring (bicyclic) bond motifs is 1. The van der Waals surface area contributed by atoms with Gasteiger partial charge in [-0.15, -0.1) is 24.0 Å². The Hall–Kier alpha value is -0.610. The first kappa shape index (κ1) is 23.1. The number of piperidine rings is 2. The number of hydrogen-bond donors (Lipinski definition) is 1. The molecule has 0 bridgehead atoms. The van der Waals surface area contributed by atoms with E-state index in [2.05, 4.69) is 15.1 Å². The summed E-state index contributed by atoms with van der Waals surface area (Å²) >= 11 is 0. The molecule has 7 nitrogen and oxygen atoms in total. The van der Waals surface area contributed by atoms with Crippen molar-refractivity contribution < 1.29 is 9.53 Å². The summed E-state index contributed by atoms with van der Waals surface area (Å²) in [6.45, 7) is 6.19. The second-order valence-corrected chi connectivity index (χ2v) is 9.21. The molecule has 4 fully saturated rings. The number of carbonyl (C=O) groups excluding carboxylic acids is 1. The number of guanidine groups is 1. The quantitative estimate of drug-likeness (QED) is 0.340. The fraction of sp³-hybridized carbons (Fsp3) is 0.905. The smallest absolute Gasteiger partial charge is 0.243 e. The Bertz CT molecular complexity index is 577. The molecule has 0 spiro atoms. The monoisotopic (exact) mass is 519 g/mol. The van der Waals surface area contributed by atoms with Crippen LogP contribution >= 0.6 is 24.0 Å². The number of rotatable bonds is 5. The second-order valence-electron chi connectivity index (χ2n) is 9.21. The lowest BCUT2D eigenvalue weighted by molar-refractivity contribution is -0.127. The van der Waals surface area contributed by atoms with Gasteiger partial charge < -0.3 is 19.9 Å². The molecule has 3 heterocycles. The van der Waals surface area contributed by atoms with Gasteiger partial charge in [-0.3, -0.25) is 9.69 Å². The summed E-state index contributed by atoms with van der Waals surface area (Å²) in [5, 5.41) is 3.58. The van der Waals surface area contributed by atoms with Crippen LogP contribution in [0, 0.1) is 11.8 Å². The Morgan fingerprint density at radius 2 is 2.00 bits per heavy atom. The standard InChI is InChI=1S/C21H37N5O2.HI/c1-24(2)20(27)13-23-21(22-12-16-8-11-28-15-16)25-10-7-19-17(14-25)4-3-9-26(19)18-5-6-18;/h16-19H,3-15H2,1-2H3,(H,22,23);1H. The van der Waals surface area contributed by atoms with Crippen molar-refractivity contribution in [3.05, 3.63) is 0 Å². The van der Waals surface area contributed by atoms with E-state index >= 15 is 0 Å². The van der Waals surface area contributed by atoms with E-state index in [1.54, 1.807) is 19.0 Å². The molecule has 8 heteroatoms. The van der Waals surface area contributed by atoms with Crippen LogP contribution in [0.3, 0.4) is 0 Å². The van der Waals surface area contributed by atoms with Crippen molar-refractivity contribution in [3.8, 4) is 0 Å². The van der Waals surface area contributed by atoms with Crippen LogP contribution in [0.4, 0.5) is 0 Å². The number of amides is 1. The summed E-state index contributed by atoms with van der Waals surface area (Å²) in [4.78, 5) is 23.6. The highest BCUT2D eigenvalue weighted by Gasteiger charge is 2.42. The maximum atomic E-state index is 12.1. The first-order chi connectivity index (χ1) is 13.6. The molecule has 1 amide bonds. The van der Waals surface area contributed by atoms with Gasteiger partial charge in [0.05, 0.1) is 6.61 Å². The predicted octanol–water partition coefficient (Wildman–Crippen LogP) is 1.62. The SMILES string of the molecule is CN(C)C(=O)CN=C(NCC1CCOC1)N1CCC2C(CCCN2C2CC2)C1.I. The van der Waals surface area contributed by atoms with Crippen LogP contribution in [0.15, 0.2) is 4.99 Å². The van der Waals surface area contributed by atoms with Crippen molar-refractivity contribution in [2.45, 2.75) is 50.6 Å². The average Bonchev–Trinajstić information content (AvgIpc) is 3.42. The minimum absolute atomic E-state index is 0. The van der Waals surface area contributed by atoms with E-state index < -0.39 is 0 Å². The molecule has 29 heavy (non-hydrogen) atoms. The van der Waals surface area contributed by atoms with Crippen LogP contribution in [-0.2, 0) is 9.53 Å². The van der Waals surface area contributed by atoms with Gasteiger partial charge >= 0.3 is 0 Å². The van der Waals surface area contributed by atoms with Crippen molar-refractivity contribution in [3.63, 3.8) is 0 Å². The average molecular weight is 519 g/mol. The first-order valence-corrected chi connectivity index (χ1v) is 11.2. The topological polar surface area (TPSA) is 60.4 Å². The lowest BCUT2D eigenvalue weighted by atomic mass is 9.83. The van der Waals surface area contributed by atoms with Gasteiger partial charge in [0, 0.05) is 58.3 Å². The van der Waals surface area contributed by atoms with E-state index in [-0.39, 0.29) is 36.4 Å². The molecule has 3 saturated heterocycles. The van der Waals surface area contributed by atoms with Crippen molar-refractivity contribution in [1.82, 2.24) is 20.0 Å². The first-order valence-electron chi connectivity index (χ1n) is 11.2. The number of aliphatic imine (C=N–C) groups is 1. The van der Waals surface area contributed by atoms with Gasteiger partial charge in [0.1, 0.15) is 6.54 Å². The highest BCUT2D eigenvalue weighted by Crippen LogP contribution is 2.38. The van der Waals surface area contributed by atoms with Crippen LogP contribution in [0.25, 0.3) is 0 Å². The number of likely N-dealkylation sites (N-methyl/N-ethyl adjacent to an activating group) is 1. The largest absolute Gasteiger partial charge is 0.381 e. The lowest BCUT2D eigenvalue weighted by Gasteiger charge is -2.48. The van der Waals surface area contributed by atoms with Crippen molar-refractivity contribution in [2.75, 3.05) is 60.0 Å². The van der Waals surface area contributed by atoms with Crippen molar-refractivity contribution in [2.24, 2.45) is 16.8 Å². The minimum atomic E-state index is 0. The third kappa shape index (κ3) is 5.97. The number of hydrogen-bond acceptors (Lipinski definition) is 4. The molecule has 3 atom stereocenters. The highest BCUT2D eigenvalue weighted by molar-refractivity contribution is 14.0. The maximum Gasteiger partial charge on any atom is 0.243 e. The summed E-state index contributed by atoms with van der Waals surface area (Å²) in [6.07, 6.45) is 7.78. The van der Waals surface area contributed by atoms with E-state index in [0.717, 1.165) is 63.2 Å². The van der Waals surface area contributed by atoms with Gasteiger partial charge in [0.15, 0.2) is 5.96 Å². The minimum Gasteiger partial charge on any atom is -0.381 e. The van der Waals surface area contributed by atoms with Gasteiger partial charge in [-0.1, -0.05) is 0 Å². The van der Waals surface area contributed by atoms with Gasteiger partial charge in [-0.05, 0) is 51.0 Å². The Morgan fingerprint density at radius 1 is 1.17 bits per heavy atom. The molecule has 0 radical (unpaired) electrons. The molecular formula is C21H38IN5O2. The zero-order valence-corrected chi connectivity index (χ0v) is 20.3. The zero-order valence-electron chi connectivity index (χ0n) is 18.0. The highest BCUT2D eigenvalue weighted by atomic mass is 127. The van der Waals surface area contributed by atoms with Crippen molar-refractivity contribution in [1.29, 1.82) is 0 Å². The summed E-state index contributed by atoms with van der Waals surface area (Å²) < 4.78 is 5.52. The molecule has 4 rings (SSSR count). The number of halogens is 1. The van der Waals surface area contributed by atoms with E-state index in [0.29, 0.717) is 5.92 Å². The van der Waals surface area contributed by atoms with E-state index in [1.165, 1.54) is 38.6 Å². The molecule has 4 aliphatic rings. The number of nitrogens with one attached hydrogen (secondary N) is 1. The lowest BCUT2D eigenvalue weighted by Crippen LogP contribution is -2.57. The summed E-state index contributed by atoms with van der Waals surface area (Å²) in [7, 11) is 3.58. The van der Waals surface area contributed by atoms with E-state index in [1.807, 2.05) is 0 Å². The fourth-order valence-corrected chi connectivity index (χ4v) is 5.03. The molecule has 3 aliphatic heterocycles. The van der Waals surface area contributed by atoms with Crippen molar-refractivity contribution >= 4 is 35.8 Å². The molecule has 166 valence electrons. The van der Waals surface area contributed by atoms with E-state index in [4.69, 9.17) is 9.73 Å². The molecule has 1 aliphatic carbocycles. The molecule has 0 aromatic heterocycles. The van der Waals surface area contributed by atoms with Gasteiger partial charge in [0.2, 0.25) is 5.91 Å². The summed E-state index contributed by atoms with van der Waals surface area (Å²) in [5.74, 6) is 2.25. The third-order valence-corrected chi connectivity index (χ3v) is 6.86. The zero-order chi connectivity index (χ0) is 19.5. The van der Waals surface area contributed by atoms with Crippen LogP contribution in [-0.4, -0.2) is 98.7 Å². The predicted molar refractivity (Wildman–Crippen MR) is 126 cm³/mol. The maximum absolute atomic E-state index is 12.1. The van der Waals surface area contributed by atoms with Crippen LogP contribution in [0.2, 0.25) is 0 Å². The van der Waals surface area contributed by atoms with Gasteiger partial charge in [0.25, 0.3) is 0 Å². The number of likely N-dealkylation sites (tertiary alicyclic amines) is 2. The summed E-state index contributed by atoms with van der Waals surface area (Å²) in [5.41, 5.74) is 0. The third-order valence-electron chi connectivity index (χ3n) is 6.86. The molecule has 0 aromatic carbocycles. The Kier molecular flexibility index (Phi) is 8.44. The summed E-state index contributed by atoms with van der Waals surface area (Å²) in [6, 6.07) is 1.62. The Balaban J connectivity index is 0.00000240. The second kappa shape index (κ2) is 10.6. The number of ether oxygens (including phenoxy) is 1. The number of nitrogens with zero attached hydrogens (tertiary/aromatic N) is 4. The fourth-order valence-electron chi connectivity index (χ4n) is 5.03. The van der Waals surface area contributed by atoms with Gasteiger partial charge in [-0.2, -0.15) is 0 Å². The molecular weight excluding hydrogens is 481 g/mol. The van der Waals surface area contributed by atoms with Crippen LogP contribution < -0.4 is 5.32 Å². The molecule has 3 unspecified atom stereocenters. The Morgan fingerprint density at radius 3 is 2.69 bits per heavy atom. The van der Waals surface area contributed by atoms with Crippen LogP contribution in [0.1, 0.15) is 38.5 Å². The molecule has 0 aromatic rings. The number of carbonyl (C=O) groups is 1. The van der Waals surface area contributed by atoms with Crippen LogP contribution in [0.5, 0.6) is 0 Å². The van der Waals surface area contributed by atoms with Gasteiger partial charge in [-0.25, -0.2) is 4.99 Å². The van der Waals surface area contributed by atoms with E-state index in [9.17, 15) is 4.79 Å². The Labute approximate surface area is 192 Å².